The first-order chi connectivity index (χ1) is 18.2. The van der Waals surface area contributed by atoms with Gasteiger partial charge in [0.2, 0.25) is 0 Å². The summed E-state index contributed by atoms with van der Waals surface area (Å²) < 4.78 is 5.34. The molecule has 0 fully saturated rings. The monoisotopic (exact) mass is 542 g/mol. The molecule has 0 radical (unpaired) electrons. The van der Waals surface area contributed by atoms with Gasteiger partial charge in [0, 0.05) is 24.0 Å². The number of esters is 1. The molecule has 0 saturated heterocycles. The topological polar surface area (TPSA) is 121 Å². The summed E-state index contributed by atoms with van der Waals surface area (Å²) in [4.78, 5) is 35.3. The number of aliphatic hydroxyl groups excluding tert-OH is 2. The molecule has 0 aromatic carbocycles. The maximum Gasteiger partial charge on any atom is 0.331 e. The number of ketones is 1. The molecular formula is C32H46O7. The second-order valence-electron chi connectivity index (χ2n) is 10.9. The largest absolute Gasteiger partial charge is 0.478 e. The van der Waals surface area contributed by atoms with Gasteiger partial charge in [0.05, 0.1) is 18.6 Å². The van der Waals surface area contributed by atoms with E-state index in [9.17, 15) is 24.6 Å². The average Bonchev–Trinajstić information content (AvgIpc) is 2.85. The Hall–Kier alpha value is -3.03. The van der Waals surface area contributed by atoms with Crippen LogP contribution in [0.25, 0.3) is 0 Å². The number of hydrogen-bond donors (Lipinski definition) is 3. The third-order valence-electron chi connectivity index (χ3n) is 6.88. The van der Waals surface area contributed by atoms with Gasteiger partial charge in [0.25, 0.3) is 0 Å². The van der Waals surface area contributed by atoms with Crippen molar-refractivity contribution in [2.24, 2.45) is 29.6 Å². The number of cyclic esters (lactones) is 1. The van der Waals surface area contributed by atoms with Crippen molar-refractivity contribution >= 4 is 17.7 Å². The van der Waals surface area contributed by atoms with Crippen LogP contribution in [0.2, 0.25) is 0 Å². The van der Waals surface area contributed by atoms with Crippen LogP contribution in [-0.2, 0) is 19.1 Å². The molecule has 0 aromatic heterocycles. The molecule has 3 N–H and O–H groups in total. The molecule has 1 heterocycles. The number of rotatable bonds is 15. The molecule has 0 amide bonds. The smallest absolute Gasteiger partial charge is 0.331 e. The Bertz CT molecular complexity index is 1030. The van der Waals surface area contributed by atoms with Gasteiger partial charge in [-0.05, 0) is 51.5 Å². The van der Waals surface area contributed by atoms with Crippen molar-refractivity contribution in [1.29, 1.82) is 0 Å². The number of allylic oxidation sites excluding steroid dienone is 7. The lowest BCUT2D eigenvalue weighted by Gasteiger charge is -2.26. The molecule has 1 aliphatic heterocycles. The van der Waals surface area contributed by atoms with E-state index in [0.29, 0.717) is 12.0 Å². The van der Waals surface area contributed by atoms with E-state index in [2.05, 4.69) is 13.0 Å². The number of carbonyl (C=O) groups is 3. The molecule has 0 aromatic rings. The normalized spacial score (nSPS) is 23.0. The maximum absolute atomic E-state index is 13.0. The number of hydrogen-bond acceptors (Lipinski definition) is 6. The molecule has 7 nitrogen and oxygen atoms in total. The number of carboxylic acids is 1. The standard InChI is InChI=1S/C32H46O7/c1-20(15-22(3)11-13-28-24(5)12-14-30(36)39-28)9-8-10-21(2)17-27(19-33)32(38)26(7)31(37)25(6)16-23(4)18-29(34)35/h8,10-15,17-18,20,24-28,31,33,37H,9,16,19H2,1-7H3,(H,34,35)/b10-8+,13-11+,21-17+,22-15+,23-18+/t20-,24+,25-,26-,27-,28+,31-/m1/s1. The van der Waals surface area contributed by atoms with Crippen molar-refractivity contribution < 1.29 is 34.4 Å². The maximum atomic E-state index is 13.0. The lowest BCUT2D eigenvalue weighted by atomic mass is 9.82. The van der Waals surface area contributed by atoms with Gasteiger partial charge >= 0.3 is 11.9 Å². The van der Waals surface area contributed by atoms with Crippen LogP contribution in [0.5, 0.6) is 0 Å². The zero-order valence-electron chi connectivity index (χ0n) is 24.3. The molecule has 216 valence electrons. The molecule has 7 atom stereocenters. The highest BCUT2D eigenvalue weighted by Gasteiger charge is 2.30. The summed E-state index contributed by atoms with van der Waals surface area (Å²) in [5.41, 5.74) is 2.53. The van der Waals surface area contributed by atoms with Crippen LogP contribution in [0.1, 0.15) is 61.3 Å². The minimum atomic E-state index is -1.04. The van der Waals surface area contributed by atoms with E-state index >= 15 is 0 Å². The Morgan fingerprint density at radius 3 is 2.33 bits per heavy atom. The molecule has 0 spiro atoms. The fourth-order valence-electron chi connectivity index (χ4n) is 4.62. The molecule has 0 saturated carbocycles. The Labute approximate surface area is 233 Å². The van der Waals surface area contributed by atoms with E-state index in [0.717, 1.165) is 23.6 Å². The summed E-state index contributed by atoms with van der Waals surface area (Å²) in [5, 5.41) is 29.4. The second-order valence-corrected chi connectivity index (χ2v) is 10.9. The highest BCUT2D eigenvalue weighted by atomic mass is 16.5. The number of ether oxygens (including phenoxy) is 1. The minimum Gasteiger partial charge on any atom is -0.478 e. The number of aliphatic hydroxyl groups is 2. The molecule has 1 aliphatic rings. The lowest BCUT2D eigenvalue weighted by Crippen LogP contribution is -2.35. The van der Waals surface area contributed by atoms with Gasteiger partial charge < -0.3 is 20.1 Å². The summed E-state index contributed by atoms with van der Waals surface area (Å²) in [7, 11) is 0. The van der Waals surface area contributed by atoms with Crippen LogP contribution in [0, 0.1) is 29.6 Å². The highest BCUT2D eigenvalue weighted by molar-refractivity contribution is 5.85. The quantitative estimate of drug-likeness (QED) is 0.145. The molecule has 7 heteroatoms. The first-order valence-electron chi connectivity index (χ1n) is 13.6. The van der Waals surface area contributed by atoms with E-state index in [1.165, 1.54) is 6.08 Å². The van der Waals surface area contributed by atoms with Crippen molar-refractivity contribution in [3.8, 4) is 0 Å². The average molecular weight is 543 g/mol. The van der Waals surface area contributed by atoms with E-state index in [1.807, 2.05) is 51.2 Å². The van der Waals surface area contributed by atoms with Gasteiger partial charge in [0.1, 0.15) is 11.9 Å². The molecule has 1 rings (SSSR count). The highest BCUT2D eigenvalue weighted by Crippen LogP contribution is 2.24. The third-order valence-corrected chi connectivity index (χ3v) is 6.88. The predicted molar refractivity (Wildman–Crippen MR) is 154 cm³/mol. The van der Waals surface area contributed by atoms with E-state index in [1.54, 1.807) is 26.8 Å². The van der Waals surface area contributed by atoms with Crippen LogP contribution < -0.4 is 0 Å². The summed E-state index contributed by atoms with van der Waals surface area (Å²) >= 11 is 0. The summed E-state index contributed by atoms with van der Waals surface area (Å²) in [6.45, 7) is 12.7. The fraction of sp³-hybridized carbons (Fsp3) is 0.531. The molecule has 0 aliphatic carbocycles. The van der Waals surface area contributed by atoms with Crippen LogP contribution in [0.3, 0.4) is 0 Å². The van der Waals surface area contributed by atoms with E-state index in [4.69, 9.17) is 9.84 Å². The second kappa shape index (κ2) is 16.8. The SMILES string of the molecule is CC(/C=C/C[C@@H](C)/C=C(C)/C=C/[C@@H]1OC(=O)C=C[C@@H]1C)=C\[C@H](CO)C(=O)[C@H](C)[C@H](O)[C@H](C)C/C(C)=C/C(=O)O. The van der Waals surface area contributed by atoms with Gasteiger partial charge in [-0.1, -0.05) is 80.9 Å². The van der Waals surface area contributed by atoms with E-state index < -0.39 is 23.9 Å². The van der Waals surface area contributed by atoms with Gasteiger partial charge in [-0.15, -0.1) is 0 Å². The molecule has 0 bridgehead atoms. The van der Waals surface area contributed by atoms with Crippen LogP contribution in [0.15, 0.2) is 71.4 Å². The van der Waals surface area contributed by atoms with Gasteiger partial charge in [-0.3, -0.25) is 4.79 Å². The zero-order chi connectivity index (χ0) is 29.7. The van der Waals surface area contributed by atoms with Crippen LogP contribution in [-0.4, -0.2) is 51.9 Å². The summed E-state index contributed by atoms with van der Waals surface area (Å²) in [6, 6.07) is 0. The van der Waals surface area contributed by atoms with Gasteiger partial charge in [-0.25, -0.2) is 9.59 Å². The first-order valence-corrected chi connectivity index (χ1v) is 13.6. The number of aliphatic carboxylic acids is 1. The van der Waals surface area contributed by atoms with Crippen molar-refractivity contribution in [1.82, 2.24) is 0 Å². The first kappa shape index (κ1) is 34.0. The van der Waals surface area contributed by atoms with Crippen LogP contribution >= 0.6 is 0 Å². The zero-order valence-corrected chi connectivity index (χ0v) is 24.3. The molecular weight excluding hydrogens is 496 g/mol. The number of carboxylic acid groups (broad SMARTS) is 1. The predicted octanol–water partition coefficient (Wildman–Crippen LogP) is 5.37. The van der Waals surface area contributed by atoms with Crippen molar-refractivity contribution in [2.45, 2.75) is 73.5 Å². The Morgan fingerprint density at radius 1 is 1.08 bits per heavy atom. The van der Waals surface area contributed by atoms with E-state index in [-0.39, 0.29) is 42.2 Å². The minimum absolute atomic E-state index is 0.135. The van der Waals surface area contributed by atoms with Gasteiger partial charge in [-0.2, -0.15) is 0 Å². The van der Waals surface area contributed by atoms with Gasteiger partial charge in [0.15, 0.2) is 0 Å². The molecule has 0 unspecified atom stereocenters. The molecule has 39 heavy (non-hydrogen) atoms. The number of carbonyl (C=O) groups excluding carboxylic acids is 2. The lowest BCUT2D eigenvalue weighted by molar-refractivity contribution is -0.143. The summed E-state index contributed by atoms with van der Waals surface area (Å²) in [6.07, 6.45) is 16.0. The van der Waals surface area contributed by atoms with Crippen molar-refractivity contribution in [3.05, 3.63) is 71.4 Å². The Morgan fingerprint density at radius 2 is 1.72 bits per heavy atom. The fourth-order valence-corrected chi connectivity index (χ4v) is 4.62. The Balaban J connectivity index is 2.71. The number of Topliss-reactive ketones (excluding diaryl/α,β-unsaturated/α-hetero) is 1. The summed E-state index contributed by atoms with van der Waals surface area (Å²) in [5.74, 6) is -2.98. The van der Waals surface area contributed by atoms with Crippen molar-refractivity contribution in [2.75, 3.05) is 6.61 Å². The van der Waals surface area contributed by atoms with Crippen molar-refractivity contribution in [3.63, 3.8) is 0 Å². The third kappa shape index (κ3) is 12.6. The van der Waals surface area contributed by atoms with Crippen LogP contribution in [0.4, 0.5) is 0 Å². The Kier molecular flexibility index (Phi) is 14.7.